The minimum atomic E-state index is -4.63. The van der Waals surface area contributed by atoms with Gasteiger partial charge in [-0.1, -0.05) is 18.2 Å². The van der Waals surface area contributed by atoms with Crippen LogP contribution in [0.2, 0.25) is 0 Å². The number of fused-ring (bicyclic) bond motifs is 1. The molecule has 0 bridgehead atoms. The summed E-state index contributed by atoms with van der Waals surface area (Å²) in [7, 11) is 2.89. The van der Waals surface area contributed by atoms with Gasteiger partial charge in [0.05, 0.1) is 44.0 Å². The van der Waals surface area contributed by atoms with Crippen molar-refractivity contribution in [3.63, 3.8) is 0 Å². The third-order valence-corrected chi connectivity index (χ3v) is 4.14. The molecule has 0 saturated heterocycles. The van der Waals surface area contributed by atoms with Crippen molar-refractivity contribution in [2.45, 2.75) is 12.6 Å². The number of ether oxygens (including phenoxy) is 2. The minimum Gasteiger partial charge on any atom is -0.493 e. The van der Waals surface area contributed by atoms with Crippen LogP contribution in [0.5, 0.6) is 11.5 Å². The number of aromatic nitrogens is 2. The molecule has 0 aliphatic carbocycles. The zero-order valence-electron chi connectivity index (χ0n) is 14.5. The average molecular weight is 373 g/mol. The van der Waals surface area contributed by atoms with Crippen LogP contribution in [0.4, 0.5) is 13.2 Å². The predicted octanol–water partition coefficient (Wildman–Crippen LogP) is 4.40. The number of halogens is 3. The van der Waals surface area contributed by atoms with E-state index in [1.165, 1.54) is 38.6 Å². The van der Waals surface area contributed by atoms with Gasteiger partial charge in [0, 0.05) is 17.0 Å². The summed E-state index contributed by atoms with van der Waals surface area (Å²) in [6.45, 7) is 0. The van der Waals surface area contributed by atoms with Crippen molar-refractivity contribution >= 4 is 10.9 Å². The first-order chi connectivity index (χ1) is 12.9. The largest absolute Gasteiger partial charge is 0.493 e. The number of hydrogen-bond acceptors (Lipinski definition) is 5. The second kappa shape index (κ2) is 7.11. The molecular weight excluding hydrogens is 359 g/mol. The van der Waals surface area contributed by atoms with Gasteiger partial charge in [0.2, 0.25) is 0 Å². The summed E-state index contributed by atoms with van der Waals surface area (Å²) in [4.78, 5) is 0. The Labute approximate surface area is 153 Å². The monoisotopic (exact) mass is 373 g/mol. The number of alkyl halides is 3. The molecule has 3 rings (SSSR count). The van der Waals surface area contributed by atoms with Gasteiger partial charge in [0.1, 0.15) is 0 Å². The molecule has 0 spiro atoms. The van der Waals surface area contributed by atoms with Gasteiger partial charge in [-0.25, -0.2) is 0 Å². The van der Waals surface area contributed by atoms with Crippen molar-refractivity contribution in [2.24, 2.45) is 0 Å². The van der Waals surface area contributed by atoms with E-state index in [4.69, 9.17) is 14.7 Å². The summed E-state index contributed by atoms with van der Waals surface area (Å²) < 4.78 is 51.8. The summed E-state index contributed by atoms with van der Waals surface area (Å²) in [5, 5.41) is 17.2. The molecule has 138 valence electrons. The highest BCUT2D eigenvalue weighted by Gasteiger charge is 2.36. The fraction of sp³-hybridized carbons (Fsp3) is 0.211. The molecule has 27 heavy (non-hydrogen) atoms. The number of rotatable bonds is 4. The van der Waals surface area contributed by atoms with E-state index in [2.05, 4.69) is 10.2 Å². The lowest BCUT2D eigenvalue weighted by molar-refractivity contribution is -0.137. The Morgan fingerprint density at radius 3 is 2.41 bits per heavy atom. The Morgan fingerprint density at radius 2 is 1.78 bits per heavy atom. The molecule has 1 heterocycles. The van der Waals surface area contributed by atoms with Gasteiger partial charge in [0.15, 0.2) is 11.5 Å². The number of benzene rings is 2. The molecule has 0 saturated carbocycles. The third-order valence-electron chi connectivity index (χ3n) is 4.14. The molecule has 3 aromatic rings. The predicted molar refractivity (Wildman–Crippen MR) is 92.4 cm³/mol. The Kier molecular flexibility index (Phi) is 4.86. The minimum absolute atomic E-state index is 0.0673. The Balaban J connectivity index is 2.36. The zero-order valence-corrected chi connectivity index (χ0v) is 14.5. The molecule has 0 amide bonds. The molecule has 0 unspecified atom stereocenters. The maximum absolute atomic E-state index is 13.8. The molecule has 0 N–H and O–H groups in total. The first kappa shape index (κ1) is 18.5. The normalized spacial score (nSPS) is 11.3. The quantitative estimate of drug-likeness (QED) is 0.678. The Morgan fingerprint density at radius 1 is 1.07 bits per heavy atom. The molecular formula is C19H14F3N3O2. The van der Waals surface area contributed by atoms with Crippen molar-refractivity contribution < 1.29 is 22.6 Å². The molecule has 1 aromatic heterocycles. The molecule has 0 radical (unpaired) electrons. The maximum atomic E-state index is 13.8. The Hall–Kier alpha value is -3.34. The van der Waals surface area contributed by atoms with Crippen molar-refractivity contribution in [1.82, 2.24) is 10.2 Å². The van der Waals surface area contributed by atoms with E-state index in [-0.39, 0.29) is 23.1 Å². The van der Waals surface area contributed by atoms with Crippen LogP contribution in [0.25, 0.3) is 22.0 Å². The van der Waals surface area contributed by atoms with Gasteiger partial charge in [-0.3, -0.25) is 0 Å². The van der Waals surface area contributed by atoms with E-state index in [1.54, 1.807) is 18.2 Å². The van der Waals surface area contributed by atoms with E-state index in [1.807, 2.05) is 0 Å². The van der Waals surface area contributed by atoms with Gasteiger partial charge in [0.25, 0.3) is 0 Å². The van der Waals surface area contributed by atoms with Crippen LogP contribution >= 0.6 is 0 Å². The van der Waals surface area contributed by atoms with Gasteiger partial charge < -0.3 is 9.47 Å². The van der Waals surface area contributed by atoms with E-state index in [0.29, 0.717) is 22.4 Å². The van der Waals surface area contributed by atoms with E-state index in [9.17, 15) is 13.2 Å². The Bertz CT molecular complexity index is 1040. The van der Waals surface area contributed by atoms with Gasteiger partial charge in [-0.2, -0.15) is 28.6 Å². The third kappa shape index (κ3) is 3.36. The van der Waals surface area contributed by atoms with E-state index < -0.39 is 11.7 Å². The molecule has 0 aliphatic rings. The van der Waals surface area contributed by atoms with E-state index >= 15 is 0 Å². The van der Waals surface area contributed by atoms with Crippen LogP contribution in [-0.4, -0.2) is 24.4 Å². The molecule has 0 fully saturated rings. The van der Waals surface area contributed by atoms with Crippen LogP contribution in [-0.2, 0) is 12.6 Å². The van der Waals surface area contributed by atoms with Crippen molar-refractivity contribution in [1.29, 1.82) is 5.26 Å². The second-order valence-corrected chi connectivity index (χ2v) is 5.65. The van der Waals surface area contributed by atoms with Crippen LogP contribution in [0.3, 0.4) is 0 Å². The first-order valence-electron chi connectivity index (χ1n) is 7.84. The topological polar surface area (TPSA) is 68.0 Å². The van der Waals surface area contributed by atoms with Crippen molar-refractivity contribution in [3.05, 3.63) is 47.7 Å². The number of nitrogens with zero attached hydrogens (tertiary/aromatic N) is 3. The molecule has 5 nitrogen and oxygen atoms in total. The zero-order chi connectivity index (χ0) is 19.6. The van der Waals surface area contributed by atoms with Crippen molar-refractivity contribution in [2.75, 3.05) is 14.2 Å². The van der Waals surface area contributed by atoms with Gasteiger partial charge in [-0.15, -0.1) is 0 Å². The summed E-state index contributed by atoms with van der Waals surface area (Å²) in [6.07, 6.45) is -3.71. The highest BCUT2D eigenvalue weighted by Crippen LogP contribution is 2.42. The standard InChI is InChI=1S/C19H14F3N3O2/c1-26-16-8-13-14(10-24-25-15(13)9-17(16)27-2)12-5-3-4-11(6-7-23)18(12)19(20,21)22/h3-5,8-10H,6H2,1-2H3. The van der Waals surface area contributed by atoms with Gasteiger partial charge in [-0.05, 0) is 17.2 Å². The second-order valence-electron chi connectivity index (χ2n) is 5.65. The lowest BCUT2D eigenvalue weighted by atomic mass is 9.92. The molecule has 0 aliphatic heterocycles. The maximum Gasteiger partial charge on any atom is 0.417 e. The van der Waals surface area contributed by atoms with Crippen LogP contribution in [0.1, 0.15) is 11.1 Å². The van der Waals surface area contributed by atoms with Crippen LogP contribution in [0.15, 0.2) is 36.5 Å². The number of nitriles is 1. The fourth-order valence-electron chi connectivity index (χ4n) is 2.99. The summed E-state index contributed by atoms with van der Waals surface area (Å²) in [5.74, 6) is 0.756. The molecule has 2 aromatic carbocycles. The summed E-state index contributed by atoms with van der Waals surface area (Å²) in [5.41, 5.74) is -0.400. The molecule has 0 atom stereocenters. The van der Waals surface area contributed by atoms with Crippen LogP contribution in [0, 0.1) is 11.3 Å². The van der Waals surface area contributed by atoms with Crippen molar-refractivity contribution in [3.8, 4) is 28.7 Å². The molecule has 8 heteroatoms. The average Bonchev–Trinajstić information content (AvgIpc) is 2.65. The number of methoxy groups -OCH3 is 2. The highest BCUT2D eigenvalue weighted by atomic mass is 19.4. The van der Waals surface area contributed by atoms with E-state index in [0.717, 1.165) is 0 Å². The fourth-order valence-corrected chi connectivity index (χ4v) is 2.99. The SMILES string of the molecule is COc1cc2nncc(-c3cccc(CC#N)c3C(F)(F)F)c2cc1OC. The summed E-state index contributed by atoms with van der Waals surface area (Å²) in [6, 6.07) is 9.05. The lowest BCUT2D eigenvalue weighted by Crippen LogP contribution is -2.11. The van der Waals surface area contributed by atoms with Crippen LogP contribution < -0.4 is 9.47 Å². The smallest absolute Gasteiger partial charge is 0.417 e. The lowest BCUT2D eigenvalue weighted by Gasteiger charge is -2.18. The highest BCUT2D eigenvalue weighted by molar-refractivity contribution is 5.96. The summed E-state index contributed by atoms with van der Waals surface area (Å²) >= 11 is 0. The van der Waals surface area contributed by atoms with Gasteiger partial charge >= 0.3 is 6.18 Å². The number of hydrogen-bond donors (Lipinski definition) is 0. The first-order valence-corrected chi connectivity index (χ1v) is 7.84.